The Labute approximate surface area is 142 Å². The zero-order valence-electron chi connectivity index (χ0n) is 13.4. The Bertz CT molecular complexity index is 1000. The van der Waals surface area contributed by atoms with E-state index in [0.717, 1.165) is 10.6 Å². The average molecular weight is 334 g/mol. The van der Waals surface area contributed by atoms with Gasteiger partial charge in [-0.05, 0) is 31.2 Å². The molecule has 3 heterocycles. The van der Waals surface area contributed by atoms with Gasteiger partial charge in [-0.25, -0.2) is 4.98 Å². The molecule has 1 N–H and O–H groups in total. The first-order chi connectivity index (χ1) is 12.0. The maximum atomic E-state index is 12.4. The first-order valence-electron chi connectivity index (χ1n) is 7.74. The molecule has 0 saturated carbocycles. The number of nitrogens with one attached hydrogen (secondary N) is 1. The molecule has 0 unspecified atom stereocenters. The van der Waals surface area contributed by atoms with Gasteiger partial charge < -0.3 is 9.72 Å². The van der Waals surface area contributed by atoms with Gasteiger partial charge in [-0.2, -0.15) is 0 Å². The molecule has 0 saturated heterocycles. The summed E-state index contributed by atoms with van der Waals surface area (Å²) in [5.41, 5.74) is 2.60. The Morgan fingerprint density at radius 2 is 1.76 bits per heavy atom. The Hall–Kier alpha value is -3.48. The minimum Gasteiger partial charge on any atom is -0.321 e. The summed E-state index contributed by atoms with van der Waals surface area (Å²) < 4.78 is 1.80. The monoisotopic (exact) mass is 334 g/mol. The number of carbonyl (C=O) groups is 3. The number of fused-ring (bicyclic) bond motifs is 2. The fourth-order valence-electron chi connectivity index (χ4n) is 2.95. The number of hydrogen-bond acceptors (Lipinski definition) is 4. The van der Waals surface area contributed by atoms with Crippen LogP contribution in [0.2, 0.25) is 0 Å². The smallest absolute Gasteiger partial charge is 0.262 e. The molecular formula is C18H14N4O3. The van der Waals surface area contributed by atoms with Crippen LogP contribution < -0.4 is 5.32 Å². The highest BCUT2D eigenvalue weighted by Crippen LogP contribution is 2.22. The van der Waals surface area contributed by atoms with Crippen molar-refractivity contribution in [3.63, 3.8) is 0 Å². The molecule has 0 atom stereocenters. The van der Waals surface area contributed by atoms with Crippen molar-refractivity contribution >= 4 is 29.1 Å². The summed E-state index contributed by atoms with van der Waals surface area (Å²) in [5, 5.41) is 2.72. The number of anilines is 1. The van der Waals surface area contributed by atoms with Gasteiger partial charge in [0.05, 0.1) is 22.5 Å². The van der Waals surface area contributed by atoms with Crippen LogP contribution in [-0.2, 0) is 4.79 Å². The van der Waals surface area contributed by atoms with Crippen LogP contribution in [0.15, 0.2) is 48.8 Å². The molecule has 3 amide bonds. The lowest BCUT2D eigenvalue weighted by Gasteiger charge is -2.13. The van der Waals surface area contributed by atoms with E-state index in [0.29, 0.717) is 22.5 Å². The summed E-state index contributed by atoms with van der Waals surface area (Å²) in [6, 6.07) is 10.1. The van der Waals surface area contributed by atoms with Gasteiger partial charge in [-0.1, -0.05) is 12.1 Å². The van der Waals surface area contributed by atoms with E-state index in [1.54, 1.807) is 40.8 Å². The third kappa shape index (κ3) is 2.46. The van der Waals surface area contributed by atoms with Gasteiger partial charge in [0.25, 0.3) is 11.8 Å². The molecule has 1 aliphatic rings. The lowest BCUT2D eigenvalue weighted by atomic mass is 10.1. The molecule has 2 aromatic heterocycles. The van der Waals surface area contributed by atoms with E-state index in [2.05, 4.69) is 10.3 Å². The number of imidazole rings is 1. The number of amides is 3. The Balaban J connectivity index is 1.55. The average Bonchev–Trinajstić information content (AvgIpc) is 3.09. The van der Waals surface area contributed by atoms with E-state index in [1.807, 2.05) is 19.3 Å². The summed E-state index contributed by atoms with van der Waals surface area (Å²) in [6.45, 7) is 1.52. The highest BCUT2D eigenvalue weighted by Gasteiger charge is 2.36. The zero-order valence-corrected chi connectivity index (χ0v) is 13.4. The third-order valence-electron chi connectivity index (χ3n) is 4.06. The first-order valence-corrected chi connectivity index (χ1v) is 7.74. The summed E-state index contributed by atoms with van der Waals surface area (Å²) in [6.07, 6.45) is 3.67. The fourth-order valence-corrected chi connectivity index (χ4v) is 2.95. The second-order valence-electron chi connectivity index (χ2n) is 5.83. The second kappa shape index (κ2) is 5.55. The lowest BCUT2D eigenvalue weighted by molar-refractivity contribution is -0.116. The first kappa shape index (κ1) is 15.1. The summed E-state index contributed by atoms with van der Waals surface area (Å²) in [4.78, 5) is 42.3. The normalized spacial score (nSPS) is 13.4. The van der Waals surface area contributed by atoms with Crippen LogP contribution in [0.1, 0.15) is 26.4 Å². The van der Waals surface area contributed by atoms with Crippen molar-refractivity contribution in [2.75, 3.05) is 11.9 Å². The van der Waals surface area contributed by atoms with Crippen LogP contribution in [0.3, 0.4) is 0 Å². The lowest BCUT2D eigenvalue weighted by Crippen LogP contribution is -2.37. The zero-order chi connectivity index (χ0) is 17.6. The number of benzene rings is 1. The Kier molecular flexibility index (Phi) is 3.35. The van der Waals surface area contributed by atoms with Crippen molar-refractivity contribution in [2.45, 2.75) is 6.92 Å². The summed E-state index contributed by atoms with van der Waals surface area (Å²) >= 11 is 0. The largest absolute Gasteiger partial charge is 0.321 e. The standard InChI is InChI=1S/C18H14N4O3/c1-11-9-21-8-4-7-14(16(21)19-11)20-15(23)10-22-17(24)12-5-2-3-6-13(12)18(22)25/h2-9H,10H2,1H3,(H,20,23). The molecule has 0 fully saturated rings. The van der Waals surface area contributed by atoms with Crippen molar-refractivity contribution in [3.8, 4) is 0 Å². The van der Waals surface area contributed by atoms with E-state index in [9.17, 15) is 14.4 Å². The molecule has 1 aromatic carbocycles. The molecule has 0 aliphatic carbocycles. The van der Waals surface area contributed by atoms with E-state index in [-0.39, 0.29) is 6.54 Å². The predicted octanol–water partition coefficient (Wildman–Crippen LogP) is 1.88. The molecule has 1 aliphatic heterocycles. The van der Waals surface area contributed by atoms with Crippen LogP contribution in [0.5, 0.6) is 0 Å². The molecule has 0 bridgehead atoms. The quantitative estimate of drug-likeness (QED) is 0.741. The second-order valence-corrected chi connectivity index (χ2v) is 5.83. The molecule has 3 aromatic rings. The van der Waals surface area contributed by atoms with E-state index < -0.39 is 17.7 Å². The Morgan fingerprint density at radius 1 is 1.08 bits per heavy atom. The van der Waals surface area contributed by atoms with E-state index >= 15 is 0 Å². The number of aryl methyl sites for hydroxylation is 1. The number of aromatic nitrogens is 2. The number of rotatable bonds is 3. The molecule has 7 heteroatoms. The molecule has 4 rings (SSSR count). The van der Waals surface area contributed by atoms with E-state index in [1.165, 1.54) is 0 Å². The number of imide groups is 1. The fraction of sp³-hybridized carbons (Fsp3) is 0.111. The van der Waals surface area contributed by atoms with Crippen LogP contribution in [0, 0.1) is 6.92 Å². The molecule has 25 heavy (non-hydrogen) atoms. The number of carbonyl (C=O) groups excluding carboxylic acids is 3. The molecule has 0 radical (unpaired) electrons. The van der Waals surface area contributed by atoms with Gasteiger partial charge in [-0.15, -0.1) is 0 Å². The molecular weight excluding hydrogens is 320 g/mol. The molecule has 7 nitrogen and oxygen atoms in total. The highest BCUT2D eigenvalue weighted by atomic mass is 16.2. The minimum absolute atomic E-state index is 0.325. The number of pyridine rings is 1. The molecule has 124 valence electrons. The van der Waals surface area contributed by atoms with Crippen LogP contribution in [0.25, 0.3) is 5.65 Å². The number of nitrogens with zero attached hydrogens (tertiary/aromatic N) is 3. The van der Waals surface area contributed by atoms with Crippen molar-refractivity contribution in [1.82, 2.24) is 14.3 Å². The summed E-state index contributed by atoms with van der Waals surface area (Å²) in [7, 11) is 0. The van der Waals surface area contributed by atoms with Gasteiger partial charge in [0.2, 0.25) is 5.91 Å². The van der Waals surface area contributed by atoms with Crippen molar-refractivity contribution in [2.24, 2.45) is 0 Å². The highest BCUT2D eigenvalue weighted by molar-refractivity contribution is 6.22. The van der Waals surface area contributed by atoms with Crippen molar-refractivity contribution < 1.29 is 14.4 Å². The van der Waals surface area contributed by atoms with Gasteiger partial charge >= 0.3 is 0 Å². The Morgan fingerprint density at radius 3 is 2.44 bits per heavy atom. The minimum atomic E-state index is -0.455. The van der Waals surface area contributed by atoms with Crippen LogP contribution in [0.4, 0.5) is 5.69 Å². The maximum Gasteiger partial charge on any atom is 0.262 e. The van der Waals surface area contributed by atoms with Gasteiger partial charge in [-0.3, -0.25) is 19.3 Å². The van der Waals surface area contributed by atoms with Gasteiger partial charge in [0, 0.05) is 12.4 Å². The van der Waals surface area contributed by atoms with Crippen molar-refractivity contribution in [3.05, 3.63) is 65.6 Å². The SMILES string of the molecule is Cc1cn2cccc(NC(=O)CN3C(=O)c4ccccc4C3=O)c2n1. The predicted molar refractivity (Wildman–Crippen MR) is 90.4 cm³/mol. The van der Waals surface area contributed by atoms with Crippen LogP contribution in [-0.4, -0.2) is 38.6 Å². The van der Waals surface area contributed by atoms with E-state index in [4.69, 9.17) is 0 Å². The van der Waals surface area contributed by atoms with Crippen LogP contribution >= 0.6 is 0 Å². The third-order valence-corrected chi connectivity index (χ3v) is 4.06. The topological polar surface area (TPSA) is 83.8 Å². The van der Waals surface area contributed by atoms with Crippen molar-refractivity contribution in [1.29, 1.82) is 0 Å². The summed E-state index contributed by atoms with van der Waals surface area (Å²) in [5.74, 6) is -1.36. The van der Waals surface area contributed by atoms with Gasteiger partial charge in [0.15, 0.2) is 5.65 Å². The molecule has 0 spiro atoms. The maximum absolute atomic E-state index is 12.4. The van der Waals surface area contributed by atoms with Gasteiger partial charge in [0.1, 0.15) is 6.54 Å². The number of hydrogen-bond donors (Lipinski definition) is 1.